The molecule has 0 saturated heterocycles. The van der Waals surface area contributed by atoms with E-state index in [4.69, 9.17) is 4.74 Å². The van der Waals surface area contributed by atoms with E-state index in [1.807, 2.05) is 36.4 Å². The molecule has 35 heavy (non-hydrogen) atoms. The molecule has 0 bridgehead atoms. The number of ether oxygens (including phenoxy) is 1. The molecule has 0 aliphatic heterocycles. The fourth-order valence-corrected chi connectivity index (χ4v) is 3.67. The first kappa shape index (κ1) is 23.4. The van der Waals surface area contributed by atoms with Crippen LogP contribution >= 0.6 is 0 Å². The average Bonchev–Trinajstić information content (AvgIpc) is 2.87. The zero-order valence-corrected chi connectivity index (χ0v) is 18.6. The summed E-state index contributed by atoms with van der Waals surface area (Å²) < 4.78 is 5.78. The molecule has 4 aromatic carbocycles. The number of nitrogens with zero attached hydrogens (tertiary/aromatic N) is 1. The van der Waals surface area contributed by atoms with Gasteiger partial charge in [-0.05, 0) is 46.2 Å². The van der Waals surface area contributed by atoms with E-state index in [0.717, 1.165) is 16.3 Å². The molecule has 1 atom stereocenters. The quantitative estimate of drug-likeness (QED) is 0.269. The maximum absolute atomic E-state index is 12.7. The van der Waals surface area contributed by atoms with Gasteiger partial charge in [-0.25, -0.2) is 4.79 Å². The number of hydrogen-bond acceptors (Lipinski definition) is 5. The number of carboxylic acid groups (broad SMARTS) is 1. The van der Waals surface area contributed by atoms with E-state index < -0.39 is 22.8 Å². The molecule has 1 unspecified atom stereocenters. The van der Waals surface area contributed by atoms with E-state index in [2.05, 4.69) is 5.32 Å². The Bertz CT molecular complexity index is 1390. The van der Waals surface area contributed by atoms with Crippen molar-refractivity contribution in [1.29, 1.82) is 0 Å². The number of amides is 1. The molecule has 176 valence electrons. The van der Waals surface area contributed by atoms with Crippen LogP contribution < -0.4 is 10.1 Å². The van der Waals surface area contributed by atoms with E-state index in [-0.39, 0.29) is 18.7 Å². The van der Waals surface area contributed by atoms with Gasteiger partial charge in [-0.2, -0.15) is 0 Å². The van der Waals surface area contributed by atoms with Gasteiger partial charge in [-0.3, -0.25) is 14.9 Å². The van der Waals surface area contributed by atoms with E-state index in [1.165, 1.54) is 12.1 Å². The van der Waals surface area contributed by atoms with Crippen molar-refractivity contribution in [1.82, 2.24) is 5.32 Å². The number of nitro groups is 1. The minimum Gasteiger partial charge on any atom is -0.489 e. The lowest BCUT2D eigenvalue weighted by Crippen LogP contribution is -2.42. The zero-order chi connectivity index (χ0) is 24.8. The van der Waals surface area contributed by atoms with Gasteiger partial charge in [0, 0.05) is 24.1 Å². The van der Waals surface area contributed by atoms with Gasteiger partial charge in [0.25, 0.3) is 11.6 Å². The number of non-ortho nitro benzene ring substituents is 1. The van der Waals surface area contributed by atoms with Crippen LogP contribution in [0.1, 0.15) is 21.5 Å². The maximum atomic E-state index is 12.7. The number of carbonyl (C=O) groups excluding carboxylic acids is 1. The number of hydrogen-bond donors (Lipinski definition) is 2. The molecule has 2 N–H and O–H groups in total. The van der Waals surface area contributed by atoms with Crippen LogP contribution in [0.15, 0.2) is 91.0 Å². The normalized spacial score (nSPS) is 11.5. The van der Waals surface area contributed by atoms with Gasteiger partial charge in [0.05, 0.1) is 4.92 Å². The second-order valence-electron chi connectivity index (χ2n) is 7.99. The maximum Gasteiger partial charge on any atom is 0.326 e. The molecule has 8 heteroatoms. The van der Waals surface area contributed by atoms with Crippen molar-refractivity contribution in [2.75, 3.05) is 0 Å². The number of carboxylic acids is 1. The standard InChI is InChI=1S/C27H22N2O6/c30-26(28-25(27(31)32)14-18-5-2-1-3-6-18)22-10-9-21-16-24(12-11-20(21)15-22)35-17-19-7-4-8-23(13-19)29(33)34/h1-13,15-16,25H,14,17H2,(H,28,30)(H,31,32). The summed E-state index contributed by atoms with van der Waals surface area (Å²) in [6.45, 7) is 0.172. The first-order chi connectivity index (χ1) is 16.9. The number of fused-ring (bicyclic) bond motifs is 1. The van der Waals surface area contributed by atoms with Crippen molar-refractivity contribution >= 4 is 28.3 Å². The van der Waals surface area contributed by atoms with Crippen molar-refractivity contribution in [2.24, 2.45) is 0 Å². The molecule has 0 radical (unpaired) electrons. The number of nitrogens with one attached hydrogen (secondary N) is 1. The summed E-state index contributed by atoms with van der Waals surface area (Å²) in [7, 11) is 0. The van der Waals surface area contributed by atoms with E-state index in [0.29, 0.717) is 16.9 Å². The number of aliphatic carboxylic acids is 1. The average molecular weight is 470 g/mol. The molecular formula is C27H22N2O6. The second kappa shape index (κ2) is 10.5. The van der Waals surface area contributed by atoms with Crippen LogP contribution in [0.4, 0.5) is 5.69 Å². The topological polar surface area (TPSA) is 119 Å². The molecule has 4 aromatic rings. The monoisotopic (exact) mass is 470 g/mol. The third-order valence-electron chi connectivity index (χ3n) is 5.49. The van der Waals surface area contributed by atoms with Crippen LogP contribution in [0, 0.1) is 10.1 Å². The predicted molar refractivity (Wildman–Crippen MR) is 130 cm³/mol. The molecule has 0 aliphatic rings. The van der Waals surface area contributed by atoms with Crippen LogP contribution in [-0.4, -0.2) is 27.9 Å². The Kier molecular flexibility index (Phi) is 7.02. The highest BCUT2D eigenvalue weighted by molar-refractivity contribution is 6.00. The van der Waals surface area contributed by atoms with Gasteiger partial charge in [-0.1, -0.05) is 54.6 Å². The number of nitro benzene ring substituents is 1. The van der Waals surface area contributed by atoms with E-state index in [1.54, 1.807) is 42.5 Å². The van der Waals surface area contributed by atoms with Crippen LogP contribution in [0.25, 0.3) is 10.8 Å². The fourth-order valence-electron chi connectivity index (χ4n) is 3.67. The highest BCUT2D eigenvalue weighted by Gasteiger charge is 2.21. The molecule has 1 amide bonds. The molecular weight excluding hydrogens is 448 g/mol. The summed E-state index contributed by atoms with van der Waals surface area (Å²) >= 11 is 0. The minimum atomic E-state index is -1.10. The third kappa shape index (κ3) is 6.00. The van der Waals surface area contributed by atoms with Gasteiger partial charge in [0.2, 0.25) is 0 Å². The predicted octanol–water partition coefficient (Wildman–Crippen LogP) is 4.75. The molecule has 0 aliphatic carbocycles. The molecule has 0 heterocycles. The smallest absolute Gasteiger partial charge is 0.326 e. The highest BCUT2D eigenvalue weighted by atomic mass is 16.6. The second-order valence-corrected chi connectivity index (χ2v) is 7.99. The Labute approximate surface area is 200 Å². The third-order valence-corrected chi connectivity index (χ3v) is 5.49. The Morgan fingerprint density at radius 1 is 0.886 bits per heavy atom. The van der Waals surface area contributed by atoms with Crippen molar-refractivity contribution in [3.05, 3.63) is 118 Å². The van der Waals surface area contributed by atoms with Crippen molar-refractivity contribution in [3.8, 4) is 5.75 Å². The van der Waals surface area contributed by atoms with Gasteiger partial charge in [-0.15, -0.1) is 0 Å². The van der Waals surface area contributed by atoms with Gasteiger partial charge < -0.3 is 15.2 Å². The van der Waals surface area contributed by atoms with E-state index >= 15 is 0 Å². The summed E-state index contributed by atoms with van der Waals surface area (Å²) in [4.78, 5) is 34.9. The summed E-state index contributed by atoms with van der Waals surface area (Å²) in [6, 6.07) is 24.8. The van der Waals surface area contributed by atoms with Gasteiger partial charge in [0.1, 0.15) is 18.4 Å². The summed E-state index contributed by atoms with van der Waals surface area (Å²) in [5, 5.41) is 24.7. The first-order valence-electron chi connectivity index (χ1n) is 10.9. The van der Waals surface area contributed by atoms with E-state index in [9.17, 15) is 24.8 Å². The molecule has 0 aromatic heterocycles. The highest BCUT2D eigenvalue weighted by Crippen LogP contribution is 2.24. The van der Waals surface area contributed by atoms with Crippen LogP contribution in [0.5, 0.6) is 5.75 Å². The van der Waals surface area contributed by atoms with Crippen LogP contribution in [0.2, 0.25) is 0 Å². The fraction of sp³-hybridized carbons (Fsp3) is 0.111. The lowest BCUT2D eigenvalue weighted by molar-refractivity contribution is -0.384. The first-order valence-corrected chi connectivity index (χ1v) is 10.9. The van der Waals surface area contributed by atoms with Gasteiger partial charge >= 0.3 is 5.97 Å². The molecule has 4 rings (SSSR count). The van der Waals surface area contributed by atoms with Crippen LogP contribution in [-0.2, 0) is 17.8 Å². The lowest BCUT2D eigenvalue weighted by Gasteiger charge is -2.15. The number of rotatable bonds is 9. The largest absolute Gasteiger partial charge is 0.489 e. The minimum absolute atomic E-state index is 0.00400. The molecule has 8 nitrogen and oxygen atoms in total. The Morgan fingerprint density at radius 2 is 1.60 bits per heavy atom. The van der Waals surface area contributed by atoms with Crippen molar-refractivity contribution in [3.63, 3.8) is 0 Å². The number of benzene rings is 4. The van der Waals surface area contributed by atoms with Crippen molar-refractivity contribution in [2.45, 2.75) is 19.1 Å². The summed E-state index contributed by atoms with van der Waals surface area (Å²) in [5.41, 5.74) is 1.84. The SMILES string of the molecule is O=C(NC(Cc1ccccc1)C(=O)O)c1ccc2cc(OCc3cccc([N+](=O)[O-])c3)ccc2c1. The van der Waals surface area contributed by atoms with Gasteiger partial charge in [0.15, 0.2) is 0 Å². The van der Waals surface area contributed by atoms with Crippen molar-refractivity contribution < 1.29 is 24.4 Å². The zero-order valence-electron chi connectivity index (χ0n) is 18.6. The molecule has 0 fully saturated rings. The summed E-state index contributed by atoms with van der Waals surface area (Å²) in [5.74, 6) is -0.996. The van der Waals surface area contributed by atoms with Crippen LogP contribution in [0.3, 0.4) is 0 Å². The molecule has 0 spiro atoms. The summed E-state index contributed by atoms with van der Waals surface area (Å²) in [6.07, 6.45) is 0.181. The number of carbonyl (C=O) groups is 2. The Hall–Kier alpha value is -4.72. The molecule has 0 saturated carbocycles. The Balaban J connectivity index is 1.44. The Morgan fingerprint density at radius 3 is 2.34 bits per heavy atom. The lowest BCUT2D eigenvalue weighted by atomic mass is 10.0.